The van der Waals surface area contributed by atoms with Crippen LogP contribution in [0.4, 0.5) is 10.1 Å². The van der Waals surface area contributed by atoms with Crippen molar-refractivity contribution in [2.45, 2.75) is 38.7 Å². The van der Waals surface area contributed by atoms with E-state index in [9.17, 15) is 22.4 Å². The highest BCUT2D eigenvalue weighted by atomic mass is 32.2. The monoisotopic (exact) mass is 499 g/mol. The molecule has 0 heterocycles. The zero-order valence-corrected chi connectivity index (χ0v) is 20.5. The molecule has 1 atom stereocenters. The Balaban J connectivity index is 1.57. The Morgan fingerprint density at radius 2 is 1.60 bits per heavy atom. The molecule has 2 amide bonds. The molecule has 184 valence electrons. The number of halogens is 1. The van der Waals surface area contributed by atoms with Gasteiger partial charge in [-0.25, -0.2) is 12.8 Å². The van der Waals surface area contributed by atoms with Crippen molar-refractivity contribution in [1.29, 1.82) is 0 Å². The van der Waals surface area contributed by atoms with Gasteiger partial charge in [-0.2, -0.15) is 0 Å². The number of ether oxygens (including phenoxy) is 1. The second-order valence-corrected chi connectivity index (χ2v) is 9.68. The molecule has 3 N–H and O–H groups in total. The van der Waals surface area contributed by atoms with Crippen molar-refractivity contribution < 1.29 is 27.1 Å². The largest absolute Gasteiger partial charge is 0.481 e. The second-order valence-electron chi connectivity index (χ2n) is 8.00. The number of hydrogen-bond acceptors (Lipinski definition) is 5. The third-order valence-corrected chi connectivity index (χ3v) is 6.75. The second kappa shape index (κ2) is 10.6. The first kappa shape index (κ1) is 25.7. The minimum absolute atomic E-state index is 0.0851. The summed E-state index contributed by atoms with van der Waals surface area (Å²) in [6, 6.07) is 14.6. The number of nitrogens with one attached hydrogen (secondary N) is 3. The number of amides is 2. The zero-order valence-electron chi connectivity index (χ0n) is 19.7. The summed E-state index contributed by atoms with van der Waals surface area (Å²) in [7, 11) is -3.94. The smallest absolute Gasteiger partial charge is 0.279 e. The number of rotatable bonds is 7. The SMILES string of the molecule is Cc1cc(S(=O)(=O)Nc2ccc(C(=O)NNC(=O)C(C)Oc3cccc(C)c3C)cc2)ccc1F. The van der Waals surface area contributed by atoms with Crippen molar-refractivity contribution >= 4 is 27.5 Å². The first-order chi connectivity index (χ1) is 16.5. The van der Waals surface area contributed by atoms with E-state index in [2.05, 4.69) is 15.6 Å². The first-order valence-corrected chi connectivity index (χ1v) is 12.2. The van der Waals surface area contributed by atoms with Gasteiger partial charge in [0.15, 0.2) is 6.10 Å². The topological polar surface area (TPSA) is 114 Å². The third-order valence-electron chi connectivity index (χ3n) is 5.37. The highest BCUT2D eigenvalue weighted by molar-refractivity contribution is 7.92. The van der Waals surface area contributed by atoms with Crippen LogP contribution in [0.2, 0.25) is 0 Å². The molecular weight excluding hydrogens is 473 g/mol. The number of carbonyl (C=O) groups is 2. The predicted octanol–water partition coefficient (Wildman–Crippen LogP) is 3.78. The molecule has 35 heavy (non-hydrogen) atoms. The molecule has 0 aliphatic heterocycles. The lowest BCUT2D eigenvalue weighted by Gasteiger charge is -2.17. The number of hydrogen-bond donors (Lipinski definition) is 3. The standard InChI is InChI=1S/C25H26FN3O5S/c1-15-6-5-7-23(17(15)3)34-18(4)24(30)27-28-25(31)19-8-10-20(11-9-19)29-35(32,33)21-12-13-22(26)16(2)14-21/h5-14,18,29H,1-4H3,(H,27,30)(H,28,31). The van der Waals surface area contributed by atoms with Crippen molar-refractivity contribution in [2.75, 3.05) is 4.72 Å². The lowest BCUT2D eigenvalue weighted by atomic mass is 10.1. The first-order valence-electron chi connectivity index (χ1n) is 10.7. The van der Waals surface area contributed by atoms with Crippen LogP contribution in [-0.2, 0) is 14.8 Å². The number of aryl methyl sites for hydroxylation is 2. The van der Waals surface area contributed by atoms with Crippen molar-refractivity contribution in [3.05, 3.63) is 88.7 Å². The molecular formula is C25H26FN3O5S. The van der Waals surface area contributed by atoms with Gasteiger partial charge in [0.25, 0.3) is 21.8 Å². The fraction of sp³-hybridized carbons (Fsp3) is 0.200. The Morgan fingerprint density at radius 3 is 2.26 bits per heavy atom. The minimum Gasteiger partial charge on any atom is -0.481 e. The molecule has 10 heteroatoms. The van der Waals surface area contributed by atoms with Gasteiger partial charge in [-0.3, -0.25) is 25.2 Å². The maximum absolute atomic E-state index is 13.4. The summed E-state index contributed by atoms with van der Waals surface area (Å²) in [5.74, 6) is -1.07. The highest BCUT2D eigenvalue weighted by Crippen LogP contribution is 2.22. The van der Waals surface area contributed by atoms with Gasteiger partial charge < -0.3 is 4.74 Å². The van der Waals surface area contributed by atoms with E-state index in [0.29, 0.717) is 5.75 Å². The zero-order chi connectivity index (χ0) is 25.8. The molecule has 0 spiro atoms. The summed E-state index contributed by atoms with van der Waals surface area (Å²) >= 11 is 0. The van der Waals surface area contributed by atoms with Crippen LogP contribution in [-0.4, -0.2) is 26.3 Å². The lowest BCUT2D eigenvalue weighted by Crippen LogP contribution is -2.47. The molecule has 3 rings (SSSR count). The Bertz CT molecular complexity index is 1360. The van der Waals surface area contributed by atoms with Crippen LogP contribution >= 0.6 is 0 Å². The van der Waals surface area contributed by atoms with E-state index in [4.69, 9.17) is 4.74 Å². The average molecular weight is 500 g/mol. The molecule has 0 aliphatic rings. The van der Waals surface area contributed by atoms with E-state index < -0.39 is 33.8 Å². The molecule has 1 unspecified atom stereocenters. The summed E-state index contributed by atoms with van der Waals surface area (Å²) < 4.78 is 46.5. The molecule has 0 aliphatic carbocycles. The molecule has 0 bridgehead atoms. The number of hydrazine groups is 1. The van der Waals surface area contributed by atoms with Gasteiger partial charge in [0, 0.05) is 11.3 Å². The molecule has 3 aromatic carbocycles. The molecule has 0 aromatic heterocycles. The molecule has 0 fully saturated rings. The fourth-order valence-corrected chi connectivity index (χ4v) is 4.22. The van der Waals surface area contributed by atoms with E-state index in [0.717, 1.165) is 17.2 Å². The Kier molecular flexibility index (Phi) is 7.75. The molecule has 8 nitrogen and oxygen atoms in total. The van der Waals surface area contributed by atoms with Gasteiger partial charge in [0.2, 0.25) is 0 Å². The predicted molar refractivity (Wildman–Crippen MR) is 130 cm³/mol. The van der Waals surface area contributed by atoms with Gasteiger partial charge in [-0.15, -0.1) is 0 Å². The maximum atomic E-state index is 13.4. The van der Waals surface area contributed by atoms with Crippen LogP contribution in [0.25, 0.3) is 0 Å². The molecule has 0 radical (unpaired) electrons. The highest BCUT2D eigenvalue weighted by Gasteiger charge is 2.18. The van der Waals surface area contributed by atoms with Crippen molar-refractivity contribution in [3.63, 3.8) is 0 Å². The summed E-state index contributed by atoms with van der Waals surface area (Å²) in [5.41, 5.74) is 7.17. The van der Waals surface area contributed by atoms with Crippen LogP contribution in [0.3, 0.4) is 0 Å². The number of anilines is 1. The maximum Gasteiger partial charge on any atom is 0.279 e. The van der Waals surface area contributed by atoms with Crippen molar-refractivity contribution in [1.82, 2.24) is 10.9 Å². The summed E-state index contributed by atoms with van der Waals surface area (Å²) in [4.78, 5) is 24.6. The van der Waals surface area contributed by atoms with Gasteiger partial charge in [0.1, 0.15) is 11.6 Å². The number of benzene rings is 3. The minimum atomic E-state index is -3.94. The third kappa shape index (κ3) is 6.36. The average Bonchev–Trinajstić information content (AvgIpc) is 2.82. The van der Waals surface area contributed by atoms with Crippen LogP contribution < -0.4 is 20.3 Å². The number of sulfonamides is 1. The van der Waals surface area contributed by atoms with E-state index in [1.54, 1.807) is 13.0 Å². The Morgan fingerprint density at radius 1 is 0.914 bits per heavy atom. The van der Waals surface area contributed by atoms with Crippen LogP contribution in [0.15, 0.2) is 65.6 Å². The quantitative estimate of drug-likeness (QED) is 0.428. The summed E-state index contributed by atoms with van der Waals surface area (Å²) in [5, 5.41) is 0. The van der Waals surface area contributed by atoms with Crippen molar-refractivity contribution in [2.24, 2.45) is 0 Å². The van der Waals surface area contributed by atoms with Gasteiger partial charge in [-0.05, 0) is 92.9 Å². The van der Waals surface area contributed by atoms with E-state index in [1.807, 2.05) is 26.0 Å². The molecule has 0 saturated carbocycles. The summed E-state index contributed by atoms with van der Waals surface area (Å²) in [6.45, 7) is 6.86. The lowest BCUT2D eigenvalue weighted by molar-refractivity contribution is -0.128. The van der Waals surface area contributed by atoms with Gasteiger partial charge in [-0.1, -0.05) is 12.1 Å². The Labute approximate surface area is 203 Å². The van der Waals surface area contributed by atoms with Gasteiger partial charge >= 0.3 is 0 Å². The number of carbonyl (C=O) groups excluding carboxylic acids is 2. The van der Waals surface area contributed by atoms with E-state index in [-0.39, 0.29) is 21.7 Å². The Hall–Kier alpha value is -3.92. The molecule has 3 aromatic rings. The van der Waals surface area contributed by atoms with Gasteiger partial charge in [0.05, 0.1) is 4.90 Å². The van der Waals surface area contributed by atoms with Crippen LogP contribution in [0, 0.1) is 26.6 Å². The fourth-order valence-electron chi connectivity index (χ4n) is 3.08. The summed E-state index contributed by atoms with van der Waals surface area (Å²) in [6.07, 6.45) is -0.859. The molecule has 0 saturated heterocycles. The van der Waals surface area contributed by atoms with Crippen molar-refractivity contribution in [3.8, 4) is 5.75 Å². The normalized spacial score (nSPS) is 11.9. The van der Waals surface area contributed by atoms with Crippen LogP contribution in [0.5, 0.6) is 5.75 Å². The van der Waals surface area contributed by atoms with E-state index >= 15 is 0 Å². The van der Waals surface area contributed by atoms with Crippen LogP contribution in [0.1, 0.15) is 34.0 Å². The van der Waals surface area contributed by atoms with E-state index in [1.165, 1.54) is 43.3 Å².